The van der Waals surface area contributed by atoms with Crippen molar-refractivity contribution in [2.75, 3.05) is 20.1 Å². The number of rotatable bonds is 5. The third-order valence-corrected chi connectivity index (χ3v) is 4.29. The van der Waals surface area contributed by atoms with Crippen LogP contribution in [0.1, 0.15) is 39.5 Å². The van der Waals surface area contributed by atoms with Gasteiger partial charge in [-0.15, -0.1) is 0 Å². The Kier molecular flexibility index (Phi) is 4.62. The van der Waals surface area contributed by atoms with Gasteiger partial charge in [0.2, 0.25) is 5.91 Å². The maximum Gasteiger partial charge on any atom is 0.236 e. The van der Waals surface area contributed by atoms with Gasteiger partial charge < -0.3 is 10.6 Å². The fourth-order valence-corrected chi connectivity index (χ4v) is 3.43. The average Bonchev–Trinajstić information content (AvgIpc) is 2.91. The standard InChI is InChI=1S/C14H27N3O/c1-10(2)9-12(14(18)15-3)16-11-6-8-17-7-4-5-13(11)17/h10-13,16H,4-9H2,1-3H3,(H,15,18). The van der Waals surface area contributed by atoms with E-state index in [9.17, 15) is 4.79 Å². The maximum absolute atomic E-state index is 11.9. The second-order valence-electron chi connectivity index (χ2n) is 6.10. The maximum atomic E-state index is 11.9. The van der Waals surface area contributed by atoms with Crippen molar-refractivity contribution in [3.8, 4) is 0 Å². The van der Waals surface area contributed by atoms with E-state index in [1.807, 2.05) is 0 Å². The summed E-state index contributed by atoms with van der Waals surface area (Å²) in [6.07, 6.45) is 4.72. The van der Waals surface area contributed by atoms with E-state index in [1.165, 1.54) is 32.4 Å². The fraction of sp³-hybridized carbons (Fsp3) is 0.929. The normalized spacial score (nSPS) is 29.6. The van der Waals surface area contributed by atoms with E-state index in [0.717, 1.165) is 6.42 Å². The van der Waals surface area contributed by atoms with E-state index in [-0.39, 0.29) is 11.9 Å². The summed E-state index contributed by atoms with van der Waals surface area (Å²) in [5.74, 6) is 0.682. The first-order valence-corrected chi connectivity index (χ1v) is 7.33. The monoisotopic (exact) mass is 253 g/mol. The molecule has 0 spiro atoms. The number of nitrogens with zero attached hydrogens (tertiary/aromatic N) is 1. The molecule has 3 unspecified atom stereocenters. The smallest absolute Gasteiger partial charge is 0.236 e. The van der Waals surface area contributed by atoms with Gasteiger partial charge in [-0.1, -0.05) is 13.8 Å². The molecule has 104 valence electrons. The van der Waals surface area contributed by atoms with Crippen molar-refractivity contribution >= 4 is 5.91 Å². The highest BCUT2D eigenvalue weighted by molar-refractivity contribution is 5.81. The van der Waals surface area contributed by atoms with Crippen LogP contribution < -0.4 is 10.6 Å². The highest BCUT2D eigenvalue weighted by Crippen LogP contribution is 2.28. The summed E-state index contributed by atoms with van der Waals surface area (Å²) in [5, 5.41) is 6.40. The van der Waals surface area contributed by atoms with Gasteiger partial charge in [-0.25, -0.2) is 0 Å². The minimum Gasteiger partial charge on any atom is -0.358 e. The number of hydrogen-bond acceptors (Lipinski definition) is 3. The van der Waals surface area contributed by atoms with Gasteiger partial charge in [-0.2, -0.15) is 0 Å². The quantitative estimate of drug-likeness (QED) is 0.767. The molecular weight excluding hydrogens is 226 g/mol. The molecule has 0 radical (unpaired) electrons. The Bertz CT molecular complexity index is 293. The summed E-state index contributed by atoms with van der Waals surface area (Å²) in [6, 6.07) is 1.15. The van der Waals surface area contributed by atoms with Crippen LogP contribution in [0.25, 0.3) is 0 Å². The van der Waals surface area contributed by atoms with E-state index in [1.54, 1.807) is 7.05 Å². The topological polar surface area (TPSA) is 44.4 Å². The van der Waals surface area contributed by atoms with Crippen molar-refractivity contribution in [1.29, 1.82) is 0 Å². The molecule has 0 aromatic rings. The largest absolute Gasteiger partial charge is 0.358 e. The van der Waals surface area contributed by atoms with Crippen molar-refractivity contribution < 1.29 is 4.79 Å². The van der Waals surface area contributed by atoms with E-state index in [4.69, 9.17) is 0 Å². The van der Waals surface area contributed by atoms with Crippen molar-refractivity contribution in [3.63, 3.8) is 0 Å². The van der Waals surface area contributed by atoms with Crippen molar-refractivity contribution in [2.45, 2.75) is 57.7 Å². The zero-order chi connectivity index (χ0) is 13.1. The van der Waals surface area contributed by atoms with E-state index in [0.29, 0.717) is 18.0 Å². The molecule has 2 saturated heterocycles. The molecule has 3 atom stereocenters. The summed E-state index contributed by atoms with van der Waals surface area (Å²) in [7, 11) is 1.73. The molecule has 18 heavy (non-hydrogen) atoms. The Labute approximate surface area is 110 Å². The summed E-state index contributed by atoms with van der Waals surface area (Å²) in [5.41, 5.74) is 0. The lowest BCUT2D eigenvalue weighted by atomic mass is 9.99. The molecule has 2 rings (SSSR count). The van der Waals surface area contributed by atoms with Gasteiger partial charge in [0.25, 0.3) is 0 Å². The van der Waals surface area contributed by atoms with Crippen LogP contribution in [0.5, 0.6) is 0 Å². The number of nitrogens with one attached hydrogen (secondary N) is 2. The van der Waals surface area contributed by atoms with Crippen molar-refractivity contribution in [3.05, 3.63) is 0 Å². The number of carbonyl (C=O) groups excluding carboxylic acids is 1. The van der Waals surface area contributed by atoms with Crippen molar-refractivity contribution in [1.82, 2.24) is 15.5 Å². The predicted octanol–water partition coefficient (Wildman–Crippen LogP) is 0.973. The number of likely N-dealkylation sites (N-methyl/N-ethyl adjacent to an activating group) is 1. The number of amides is 1. The predicted molar refractivity (Wildman–Crippen MR) is 73.4 cm³/mol. The molecule has 2 heterocycles. The SMILES string of the molecule is CNC(=O)C(CC(C)C)NC1CCN2CCCC12. The molecule has 0 aliphatic carbocycles. The summed E-state index contributed by atoms with van der Waals surface area (Å²) < 4.78 is 0. The van der Waals surface area contributed by atoms with Crippen LogP contribution in [0.4, 0.5) is 0 Å². The van der Waals surface area contributed by atoms with Gasteiger partial charge in [0.05, 0.1) is 6.04 Å². The van der Waals surface area contributed by atoms with Crippen LogP contribution in [-0.2, 0) is 4.79 Å². The highest BCUT2D eigenvalue weighted by Gasteiger charge is 2.38. The molecule has 2 fully saturated rings. The first-order valence-electron chi connectivity index (χ1n) is 7.33. The average molecular weight is 253 g/mol. The van der Waals surface area contributed by atoms with Gasteiger partial charge in [-0.05, 0) is 38.1 Å². The number of fused-ring (bicyclic) bond motifs is 1. The Morgan fingerprint density at radius 2 is 2.11 bits per heavy atom. The Morgan fingerprint density at radius 3 is 2.78 bits per heavy atom. The molecule has 4 heteroatoms. The lowest BCUT2D eigenvalue weighted by Gasteiger charge is -2.27. The van der Waals surface area contributed by atoms with Gasteiger partial charge >= 0.3 is 0 Å². The third kappa shape index (κ3) is 3.04. The van der Waals surface area contributed by atoms with Crippen LogP contribution in [0.2, 0.25) is 0 Å². The minimum atomic E-state index is -0.0273. The van der Waals surface area contributed by atoms with Crippen LogP contribution in [0.15, 0.2) is 0 Å². The molecule has 0 bridgehead atoms. The molecule has 2 aliphatic rings. The Morgan fingerprint density at radius 1 is 1.33 bits per heavy atom. The second-order valence-corrected chi connectivity index (χ2v) is 6.10. The van der Waals surface area contributed by atoms with Crippen LogP contribution in [0, 0.1) is 5.92 Å². The molecule has 0 saturated carbocycles. The number of hydrogen-bond donors (Lipinski definition) is 2. The summed E-state index contributed by atoms with van der Waals surface area (Å²) in [6.45, 7) is 6.80. The first kappa shape index (κ1) is 13.8. The minimum absolute atomic E-state index is 0.0273. The third-order valence-electron chi connectivity index (χ3n) is 4.29. The summed E-state index contributed by atoms with van der Waals surface area (Å²) in [4.78, 5) is 14.5. The van der Waals surface area contributed by atoms with E-state index >= 15 is 0 Å². The molecule has 0 aromatic carbocycles. The van der Waals surface area contributed by atoms with Crippen molar-refractivity contribution in [2.24, 2.45) is 5.92 Å². The van der Waals surface area contributed by atoms with Crippen LogP contribution in [-0.4, -0.2) is 49.1 Å². The number of carbonyl (C=O) groups is 1. The zero-order valence-electron chi connectivity index (χ0n) is 11.9. The zero-order valence-corrected chi connectivity index (χ0v) is 11.9. The Hall–Kier alpha value is -0.610. The van der Waals surface area contributed by atoms with Gasteiger partial charge in [0, 0.05) is 25.7 Å². The van der Waals surface area contributed by atoms with Gasteiger partial charge in [-0.3, -0.25) is 9.69 Å². The molecule has 0 aromatic heterocycles. The molecular formula is C14H27N3O. The lowest BCUT2D eigenvalue weighted by molar-refractivity contribution is -0.123. The van der Waals surface area contributed by atoms with Gasteiger partial charge in [0.15, 0.2) is 0 Å². The van der Waals surface area contributed by atoms with E-state index in [2.05, 4.69) is 29.4 Å². The van der Waals surface area contributed by atoms with Crippen LogP contribution >= 0.6 is 0 Å². The van der Waals surface area contributed by atoms with Crippen LogP contribution in [0.3, 0.4) is 0 Å². The molecule has 2 aliphatic heterocycles. The first-order chi connectivity index (χ1) is 8.61. The summed E-state index contributed by atoms with van der Waals surface area (Å²) >= 11 is 0. The molecule has 4 nitrogen and oxygen atoms in total. The molecule has 2 N–H and O–H groups in total. The lowest BCUT2D eigenvalue weighted by Crippen LogP contribution is -2.51. The Balaban J connectivity index is 1.93. The second kappa shape index (κ2) is 6.02. The highest BCUT2D eigenvalue weighted by atomic mass is 16.2. The van der Waals surface area contributed by atoms with E-state index < -0.39 is 0 Å². The fourth-order valence-electron chi connectivity index (χ4n) is 3.43. The molecule has 1 amide bonds. The van der Waals surface area contributed by atoms with Gasteiger partial charge in [0.1, 0.15) is 0 Å².